The van der Waals surface area contributed by atoms with Crippen LogP contribution in [0.2, 0.25) is 0 Å². The monoisotopic (exact) mass is 405 g/mol. The fraction of sp³-hybridized carbons (Fsp3) is 0.136. The summed E-state index contributed by atoms with van der Waals surface area (Å²) in [5, 5.41) is 15.5. The van der Waals surface area contributed by atoms with Crippen LogP contribution < -0.4 is 10.9 Å². The van der Waals surface area contributed by atoms with Gasteiger partial charge in [-0.05, 0) is 41.8 Å². The largest absolute Gasteiger partial charge is 0.508 e. The van der Waals surface area contributed by atoms with Gasteiger partial charge >= 0.3 is 0 Å². The minimum absolute atomic E-state index is 0.0778. The maximum atomic E-state index is 12.9. The van der Waals surface area contributed by atoms with Gasteiger partial charge in [-0.3, -0.25) is 10.1 Å². The predicted octanol–water partition coefficient (Wildman–Crippen LogP) is 5.20. The molecule has 0 aliphatic carbocycles. The summed E-state index contributed by atoms with van der Waals surface area (Å²) in [6, 6.07) is 14.2. The third-order valence-electron chi connectivity index (χ3n) is 4.40. The van der Waals surface area contributed by atoms with Crippen LogP contribution in [0.1, 0.15) is 35.7 Å². The summed E-state index contributed by atoms with van der Waals surface area (Å²) in [4.78, 5) is 21.6. The lowest BCUT2D eigenvalue weighted by molar-refractivity contribution is 0.102. The molecule has 4 rings (SSSR count). The fourth-order valence-corrected chi connectivity index (χ4v) is 3.40. The number of carbonyl (C=O) groups is 1. The summed E-state index contributed by atoms with van der Waals surface area (Å²) in [6.07, 6.45) is 1.62. The van der Waals surface area contributed by atoms with Crippen molar-refractivity contribution in [1.29, 1.82) is 0 Å². The van der Waals surface area contributed by atoms with E-state index in [1.54, 1.807) is 29.8 Å². The Morgan fingerprint density at radius 3 is 2.83 bits per heavy atom. The molecule has 2 aromatic heterocycles. The summed E-state index contributed by atoms with van der Waals surface area (Å²) in [6.45, 7) is 4.21. The van der Waals surface area contributed by atoms with Crippen LogP contribution in [0.15, 0.2) is 69.5 Å². The Morgan fingerprint density at radius 2 is 2.07 bits per heavy atom. The summed E-state index contributed by atoms with van der Waals surface area (Å²) in [7, 11) is 0. The third kappa shape index (κ3) is 4.20. The molecule has 0 radical (unpaired) electrons. The van der Waals surface area contributed by atoms with Crippen molar-refractivity contribution in [3.05, 3.63) is 76.8 Å². The first-order valence-corrected chi connectivity index (χ1v) is 10.00. The number of nitrogens with one attached hydrogen (secondary N) is 1. The van der Waals surface area contributed by atoms with Gasteiger partial charge in [-0.1, -0.05) is 26.0 Å². The molecule has 0 unspecified atom stereocenters. The minimum Gasteiger partial charge on any atom is -0.508 e. The van der Waals surface area contributed by atoms with Crippen LogP contribution in [0.3, 0.4) is 0 Å². The van der Waals surface area contributed by atoms with Gasteiger partial charge in [0.15, 0.2) is 5.13 Å². The first kappa shape index (κ1) is 18.9. The molecule has 146 valence electrons. The Kier molecular flexibility index (Phi) is 5.14. The van der Waals surface area contributed by atoms with E-state index >= 15 is 0 Å². The topological polar surface area (TPSA) is 87.7 Å². The number of thiazole rings is 1. The fourth-order valence-electron chi connectivity index (χ4n) is 2.87. The predicted molar refractivity (Wildman–Crippen MR) is 114 cm³/mol. The molecule has 1 amide bonds. The van der Waals surface area contributed by atoms with E-state index in [1.165, 1.54) is 17.4 Å². The van der Waals surface area contributed by atoms with Crippen LogP contribution in [0.5, 0.6) is 5.75 Å². The molecule has 2 N–H and O–H groups in total. The zero-order chi connectivity index (χ0) is 20.4. The number of phenols is 1. The minimum atomic E-state index is -0.363. The molecule has 0 fully saturated rings. The lowest BCUT2D eigenvalue weighted by Crippen LogP contribution is -2.21. The summed E-state index contributed by atoms with van der Waals surface area (Å²) in [5.41, 5.74) is 2.71. The van der Waals surface area contributed by atoms with Gasteiger partial charge in [-0.25, -0.2) is 9.98 Å². The van der Waals surface area contributed by atoms with Gasteiger partial charge in [0.2, 0.25) is 5.55 Å². The Balaban J connectivity index is 1.87. The molecule has 7 heteroatoms. The molecular weight excluding hydrogens is 386 g/mol. The normalized spacial score (nSPS) is 11.9. The van der Waals surface area contributed by atoms with Crippen LogP contribution in [0, 0.1) is 0 Å². The molecule has 0 saturated heterocycles. The smallest absolute Gasteiger partial charge is 0.262 e. The van der Waals surface area contributed by atoms with Crippen LogP contribution >= 0.6 is 11.3 Å². The van der Waals surface area contributed by atoms with Gasteiger partial charge in [0.1, 0.15) is 16.9 Å². The molecule has 0 saturated carbocycles. The number of anilines is 1. The van der Waals surface area contributed by atoms with Crippen LogP contribution in [-0.2, 0) is 0 Å². The number of nitrogens with zero attached hydrogens (tertiary/aromatic N) is 2. The number of fused-ring (bicyclic) bond motifs is 1. The number of hydrogen-bond donors (Lipinski definition) is 2. The molecule has 0 aliphatic heterocycles. The van der Waals surface area contributed by atoms with Gasteiger partial charge in [0.25, 0.3) is 5.91 Å². The second kappa shape index (κ2) is 7.89. The van der Waals surface area contributed by atoms with Crippen molar-refractivity contribution in [2.45, 2.75) is 19.8 Å². The van der Waals surface area contributed by atoms with E-state index in [2.05, 4.69) is 29.1 Å². The van der Waals surface area contributed by atoms with E-state index in [0.717, 1.165) is 5.56 Å². The maximum absolute atomic E-state index is 12.9. The molecule has 6 nitrogen and oxygen atoms in total. The van der Waals surface area contributed by atoms with Crippen molar-refractivity contribution in [3.8, 4) is 5.75 Å². The molecule has 2 heterocycles. The van der Waals surface area contributed by atoms with Crippen molar-refractivity contribution >= 4 is 39.0 Å². The van der Waals surface area contributed by atoms with Crippen LogP contribution in [0.25, 0.3) is 11.0 Å². The highest BCUT2D eigenvalue weighted by molar-refractivity contribution is 7.13. The van der Waals surface area contributed by atoms with E-state index in [4.69, 9.17) is 4.42 Å². The second-order valence-corrected chi connectivity index (χ2v) is 7.73. The Labute approximate surface area is 171 Å². The highest BCUT2D eigenvalue weighted by Crippen LogP contribution is 2.23. The molecular formula is C22H19N3O3S. The number of rotatable bonds is 4. The molecule has 0 spiro atoms. The molecule has 0 aliphatic rings. The Morgan fingerprint density at radius 1 is 1.21 bits per heavy atom. The summed E-state index contributed by atoms with van der Waals surface area (Å²) >= 11 is 1.33. The van der Waals surface area contributed by atoms with Gasteiger partial charge in [-0.15, -0.1) is 11.3 Å². The van der Waals surface area contributed by atoms with Gasteiger partial charge in [0, 0.05) is 23.0 Å². The van der Waals surface area contributed by atoms with Crippen molar-refractivity contribution in [2.75, 3.05) is 5.32 Å². The van der Waals surface area contributed by atoms with E-state index in [9.17, 15) is 9.90 Å². The van der Waals surface area contributed by atoms with E-state index in [0.29, 0.717) is 27.7 Å². The van der Waals surface area contributed by atoms with E-state index in [1.807, 2.05) is 24.3 Å². The second-order valence-electron chi connectivity index (χ2n) is 6.84. The van der Waals surface area contributed by atoms with Crippen LogP contribution in [0.4, 0.5) is 10.8 Å². The van der Waals surface area contributed by atoms with Gasteiger partial charge in [-0.2, -0.15) is 0 Å². The van der Waals surface area contributed by atoms with Crippen molar-refractivity contribution in [3.63, 3.8) is 0 Å². The number of carbonyl (C=O) groups excluding carboxylic acids is 1. The Hall–Kier alpha value is -3.45. The number of aromatic hydroxyl groups is 1. The lowest BCUT2D eigenvalue weighted by Gasteiger charge is -2.07. The molecule has 0 bridgehead atoms. The zero-order valence-corrected chi connectivity index (χ0v) is 16.7. The van der Waals surface area contributed by atoms with Crippen molar-refractivity contribution < 1.29 is 14.3 Å². The summed E-state index contributed by atoms with van der Waals surface area (Å²) < 4.78 is 5.91. The highest BCUT2D eigenvalue weighted by Gasteiger charge is 2.14. The number of hydrogen-bond acceptors (Lipinski definition) is 6. The standard InChI is InChI=1S/C22H19N3O3S/c1-13(2)14-4-3-5-16(10-14)24-21-18(20(27)25-22-23-8-9-29-22)11-15-6-7-17(26)12-19(15)28-21/h3-13,26H,1-2H3,(H,23,25,27). The Bertz CT molecular complexity index is 1240. The number of amides is 1. The summed E-state index contributed by atoms with van der Waals surface area (Å²) in [5.74, 6) is 0.0646. The van der Waals surface area contributed by atoms with E-state index < -0.39 is 0 Å². The first-order valence-electron chi connectivity index (χ1n) is 9.12. The number of aromatic nitrogens is 1. The van der Waals surface area contributed by atoms with Gasteiger partial charge < -0.3 is 9.52 Å². The molecule has 2 aromatic carbocycles. The van der Waals surface area contributed by atoms with Crippen LogP contribution in [-0.4, -0.2) is 16.0 Å². The lowest BCUT2D eigenvalue weighted by atomic mass is 10.0. The van der Waals surface area contributed by atoms with Gasteiger partial charge in [0.05, 0.1) is 5.69 Å². The van der Waals surface area contributed by atoms with Crippen molar-refractivity contribution in [2.24, 2.45) is 4.99 Å². The average Bonchev–Trinajstić information content (AvgIpc) is 3.20. The maximum Gasteiger partial charge on any atom is 0.262 e. The molecule has 0 atom stereocenters. The average molecular weight is 405 g/mol. The molecule has 29 heavy (non-hydrogen) atoms. The number of phenolic OH excluding ortho intramolecular Hbond substituents is 1. The quantitative estimate of drug-likeness (QED) is 0.488. The number of benzene rings is 2. The van der Waals surface area contributed by atoms with E-state index in [-0.39, 0.29) is 22.8 Å². The SMILES string of the molecule is CC(C)c1cccc(N=c2oc3cc(O)ccc3cc2C(=O)Nc2nccs2)c1. The molecule has 4 aromatic rings. The first-order chi connectivity index (χ1) is 14.0. The zero-order valence-electron chi connectivity index (χ0n) is 15.9. The van der Waals surface area contributed by atoms with Crippen molar-refractivity contribution in [1.82, 2.24) is 4.98 Å². The third-order valence-corrected chi connectivity index (χ3v) is 5.09. The highest BCUT2D eigenvalue weighted by atomic mass is 32.1.